The topological polar surface area (TPSA) is 160 Å². The first-order chi connectivity index (χ1) is 24.4. The normalized spacial score (nSPS) is 19.2. The average Bonchev–Trinajstić information content (AvgIpc) is 3.43. The molecule has 4 heterocycles. The summed E-state index contributed by atoms with van der Waals surface area (Å²) in [4.78, 5) is 67.3. The zero-order chi connectivity index (χ0) is 36.4. The fourth-order valence-electron chi connectivity index (χ4n) is 5.73. The molecular formula is C34H29Cl2FN5O7S2+. The van der Waals surface area contributed by atoms with Gasteiger partial charge in [0.15, 0.2) is 24.0 Å². The zero-order valence-corrected chi connectivity index (χ0v) is 29.6. The van der Waals surface area contributed by atoms with E-state index in [4.69, 9.17) is 23.2 Å². The van der Waals surface area contributed by atoms with Crippen molar-refractivity contribution in [1.29, 1.82) is 0 Å². The monoisotopic (exact) mass is 772 g/mol. The van der Waals surface area contributed by atoms with Gasteiger partial charge in [0.2, 0.25) is 18.4 Å². The summed E-state index contributed by atoms with van der Waals surface area (Å²) in [6, 6.07) is 11.1. The number of thioether (sulfide) groups is 2. The Hall–Kier alpha value is -4.57. The van der Waals surface area contributed by atoms with Gasteiger partial charge in [-0.15, -0.1) is 23.5 Å². The molecule has 3 aliphatic rings. The van der Waals surface area contributed by atoms with Crippen molar-refractivity contribution in [3.05, 3.63) is 105 Å². The van der Waals surface area contributed by atoms with Gasteiger partial charge in [-0.3, -0.25) is 24.1 Å². The molecule has 0 aliphatic carbocycles. The van der Waals surface area contributed by atoms with Crippen molar-refractivity contribution in [2.24, 2.45) is 0 Å². The number of nitrogens with zero attached hydrogens (tertiary/aromatic N) is 3. The standard InChI is InChI=1S/C34H28Cl2FN5O7S2/c35-21-1-3-23(36)26(12-21)50-17-28(45)39-29-32(47)42-30(34(48)49)20(16-51-33(29)42)11-19-7-10-41(31(19)46)14-18-5-8-40(9-6-18)15-27(44)38-22-2-4-25(43)24(37)13-22/h1-6,8-9,11-13,29,33H,7,10,14-17H2,(H3-,38,39,43,44,45,48,49)/p+1/b19-11+/t29-,33-/m1/s1. The molecular weight excluding hydrogens is 744 g/mol. The minimum atomic E-state index is -1.31. The highest BCUT2D eigenvalue weighted by Crippen LogP contribution is 2.41. The number of allylic oxidation sites excluding steroid dienone is 1. The second-order valence-electron chi connectivity index (χ2n) is 11.7. The van der Waals surface area contributed by atoms with Crippen molar-refractivity contribution in [2.75, 3.05) is 23.4 Å². The molecule has 51 heavy (non-hydrogen) atoms. The second-order valence-corrected chi connectivity index (χ2v) is 14.7. The zero-order valence-electron chi connectivity index (χ0n) is 26.5. The van der Waals surface area contributed by atoms with Crippen molar-refractivity contribution in [1.82, 2.24) is 15.1 Å². The lowest BCUT2D eigenvalue weighted by atomic mass is 10.0. The molecule has 2 atom stereocenters. The van der Waals surface area contributed by atoms with E-state index < -0.39 is 46.7 Å². The Balaban J connectivity index is 1.04. The van der Waals surface area contributed by atoms with E-state index in [1.54, 1.807) is 58.3 Å². The highest BCUT2D eigenvalue weighted by Gasteiger charge is 2.54. The van der Waals surface area contributed by atoms with E-state index in [0.717, 1.165) is 22.6 Å². The molecule has 0 bridgehead atoms. The largest absolute Gasteiger partial charge is 0.505 e. The van der Waals surface area contributed by atoms with Gasteiger partial charge in [-0.2, -0.15) is 4.57 Å². The van der Waals surface area contributed by atoms with E-state index in [0.29, 0.717) is 39.1 Å². The average molecular weight is 774 g/mol. The van der Waals surface area contributed by atoms with Crippen LogP contribution in [-0.2, 0) is 37.1 Å². The summed E-state index contributed by atoms with van der Waals surface area (Å²) in [5.41, 5.74) is 1.56. The van der Waals surface area contributed by atoms with Crippen LogP contribution in [0.3, 0.4) is 0 Å². The van der Waals surface area contributed by atoms with Gasteiger partial charge in [0.1, 0.15) is 17.1 Å². The third kappa shape index (κ3) is 8.17. The van der Waals surface area contributed by atoms with Crippen LogP contribution in [0.15, 0.2) is 88.7 Å². The number of fused-ring (bicyclic) bond motifs is 1. The van der Waals surface area contributed by atoms with Crippen LogP contribution in [0.1, 0.15) is 12.0 Å². The molecule has 1 aromatic heterocycles. The molecule has 6 rings (SSSR count). The number of pyridine rings is 1. The van der Waals surface area contributed by atoms with Crippen molar-refractivity contribution in [3.8, 4) is 5.75 Å². The van der Waals surface area contributed by atoms with Gasteiger partial charge in [0.05, 0.1) is 10.8 Å². The molecule has 0 saturated carbocycles. The van der Waals surface area contributed by atoms with Crippen LogP contribution >= 0.6 is 46.7 Å². The number of hydrogen-bond donors (Lipinski definition) is 4. The number of phenols is 1. The fourth-order valence-corrected chi connectivity index (χ4v) is 8.34. The first kappa shape index (κ1) is 36.2. The molecule has 4 N–H and O–H groups in total. The third-order valence-corrected chi connectivity index (χ3v) is 11.3. The first-order valence-electron chi connectivity index (χ1n) is 15.4. The predicted molar refractivity (Wildman–Crippen MR) is 188 cm³/mol. The van der Waals surface area contributed by atoms with E-state index in [2.05, 4.69) is 10.6 Å². The van der Waals surface area contributed by atoms with Crippen LogP contribution < -0.4 is 15.2 Å². The summed E-state index contributed by atoms with van der Waals surface area (Å²) in [7, 11) is 0. The lowest BCUT2D eigenvalue weighted by Gasteiger charge is -2.49. The lowest BCUT2D eigenvalue weighted by Crippen LogP contribution is -2.70. The van der Waals surface area contributed by atoms with E-state index in [-0.39, 0.29) is 41.9 Å². The van der Waals surface area contributed by atoms with Crippen molar-refractivity contribution in [2.45, 2.75) is 35.8 Å². The minimum Gasteiger partial charge on any atom is -0.505 e. The molecule has 2 fully saturated rings. The number of amides is 4. The number of carboxylic acid groups (broad SMARTS) is 1. The van der Waals surface area contributed by atoms with Crippen molar-refractivity contribution >= 4 is 82.0 Å². The van der Waals surface area contributed by atoms with E-state index in [9.17, 15) is 38.6 Å². The number of carbonyl (C=O) groups excluding carboxylic acids is 4. The number of carbonyl (C=O) groups is 5. The number of hydrogen-bond acceptors (Lipinski definition) is 8. The fraction of sp³-hybridized carbons (Fsp3) is 0.235. The molecule has 0 unspecified atom stereocenters. The number of rotatable bonds is 11. The summed E-state index contributed by atoms with van der Waals surface area (Å²) in [6.45, 7) is 0.639. The van der Waals surface area contributed by atoms with E-state index in [1.165, 1.54) is 29.6 Å². The predicted octanol–water partition coefficient (Wildman–Crippen LogP) is 3.95. The van der Waals surface area contributed by atoms with Gasteiger partial charge in [-0.1, -0.05) is 23.2 Å². The van der Waals surface area contributed by atoms with Crippen LogP contribution in [0.4, 0.5) is 10.1 Å². The maximum atomic E-state index is 13.6. The highest BCUT2D eigenvalue weighted by molar-refractivity contribution is 8.00. The summed E-state index contributed by atoms with van der Waals surface area (Å²) in [5, 5.41) is 25.0. The molecule has 264 valence electrons. The quantitative estimate of drug-likeness (QED) is 0.0745. The van der Waals surface area contributed by atoms with Crippen molar-refractivity contribution in [3.63, 3.8) is 0 Å². The Labute approximate surface area is 309 Å². The molecule has 12 nitrogen and oxygen atoms in total. The van der Waals surface area contributed by atoms with Gasteiger partial charge in [-0.25, -0.2) is 9.18 Å². The number of likely N-dealkylation sites (tertiary alicyclic amines) is 1. The molecule has 0 radical (unpaired) electrons. The Kier molecular flexibility index (Phi) is 10.9. The van der Waals surface area contributed by atoms with E-state index >= 15 is 0 Å². The maximum Gasteiger partial charge on any atom is 0.352 e. The Bertz CT molecular complexity index is 2010. The number of halogens is 3. The van der Waals surface area contributed by atoms with Gasteiger partial charge in [-0.05, 0) is 54.0 Å². The van der Waals surface area contributed by atoms with Crippen LogP contribution in [0.2, 0.25) is 10.0 Å². The number of benzene rings is 2. The number of aliphatic carboxylic acids is 1. The SMILES string of the molecule is O=C(C[n+]1ccc(CN2CC/C(=C\C3=C(C(=O)O)N4C(=O)[C@@H](NC(=O)CSc5cc(Cl)ccc5Cl)[C@H]4SC3)C2=O)cc1)Nc1ccc(O)c(F)c1. The second kappa shape index (κ2) is 15.4. The first-order valence-corrected chi connectivity index (χ1v) is 18.2. The minimum absolute atomic E-state index is 0.0235. The van der Waals surface area contributed by atoms with Crippen LogP contribution in [0.5, 0.6) is 5.75 Å². The maximum absolute atomic E-state index is 13.6. The van der Waals surface area contributed by atoms with Gasteiger partial charge in [0, 0.05) is 58.2 Å². The number of nitrogens with one attached hydrogen (secondary N) is 2. The number of carboxylic acids is 1. The molecule has 4 amide bonds. The number of aromatic hydroxyl groups is 1. The number of phenolic OH excluding ortho intramolecular Hbond substituents is 1. The molecule has 0 spiro atoms. The van der Waals surface area contributed by atoms with Gasteiger partial charge in [0.25, 0.3) is 11.8 Å². The number of β-lactam (4-membered cyclic amide) rings is 1. The van der Waals surface area contributed by atoms with Gasteiger partial charge >= 0.3 is 5.97 Å². The summed E-state index contributed by atoms with van der Waals surface area (Å²) >= 11 is 14.7. The molecule has 3 aliphatic heterocycles. The molecule has 2 aromatic carbocycles. The van der Waals surface area contributed by atoms with Crippen LogP contribution in [0.25, 0.3) is 0 Å². The smallest absolute Gasteiger partial charge is 0.352 e. The van der Waals surface area contributed by atoms with Gasteiger partial charge < -0.3 is 25.7 Å². The van der Waals surface area contributed by atoms with Crippen molar-refractivity contribution < 1.29 is 43.1 Å². The third-order valence-electron chi connectivity index (χ3n) is 8.22. The lowest BCUT2D eigenvalue weighted by molar-refractivity contribution is -0.684. The summed E-state index contributed by atoms with van der Waals surface area (Å²) in [5.74, 6) is -4.09. The molecule has 17 heteroatoms. The number of anilines is 1. The van der Waals surface area contributed by atoms with Crippen LogP contribution in [-0.4, -0.2) is 79.1 Å². The van der Waals surface area contributed by atoms with Crippen LogP contribution in [0, 0.1) is 5.82 Å². The molecule has 3 aromatic rings. The Morgan fingerprint density at radius 3 is 2.57 bits per heavy atom. The highest BCUT2D eigenvalue weighted by atomic mass is 35.5. The molecule has 2 saturated heterocycles. The Morgan fingerprint density at radius 2 is 1.84 bits per heavy atom. The number of aromatic nitrogens is 1. The summed E-state index contributed by atoms with van der Waals surface area (Å²) < 4.78 is 15.2. The van der Waals surface area contributed by atoms with E-state index in [1.807, 2.05) is 0 Å². The summed E-state index contributed by atoms with van der Waals surface area (Å²) in [6.07, 6.45) is 5.29. The Morgan fingerprint density at radius 1 is 1.08 bits per heavy atom.